The molecule has 158 valence electrons. The fourth-order valence-electron chi connectivity index (χ4n) is 3.18. The maximum Gasteiger partial charge on any atom is 0.305 e. The number of esters is 1. The molecule has 0 N–H and O–H groups in total. The molecule has 0 aromatic carbocycles. The quantitative estimate of drug-likeness (QED) is 0.190. The molecule has 0 spiro atoms. The van der Waals surface area contributed by atoms with Crippen LogP contribution in [0.4, 0.5) is 0 Å². The molecule has 0 saturated heterocycles. The maximum atomic E-state index is 12.6. The fraction of sp³-hybridized carbons (Fsp3) is 0.636. The molecular formula is C22H34O5S. The summed E-state index contributed by atoms with van der Waals surface area (Å²) < 4.78 is 28.4. The van der Waals surface area contributed by atoms with Crippen molar-refractivity contribution in [1.82, 2.24) is 0 Å². The summed E-state index contributed by atoms with van der Waals surface area (Å²) in [7, 11) is -2.15. The number of carbonyl (C=O) groups is 2. The summed E-state index contributed by atoms with van der Waals surface area (Å²) >= 11 is 0. The van der Waals surface area contributed by atoms with Crippen LogP contribution in [0.3, 0.4) is 0 Å². The first-order valence-corrected chi connectivity index (χ1v) is 12.1. The van der Waals surface area contributed by atoms with E-state index in [1.54, 1.807) is 6.08 Å². The molecule has 0 aromatic heterocycles. The van der Waals surface area contributed by atoms with E-state index in [1.165, 1.54) is 26.4 Å². The van der Waals surface area contributed by atoms with E-state index in [2.05, 4.69) is 17.7 Å². The second kappa shape index (κ2) is 12.7. The third-order valence-corrected chi connectivity index (χ3v) is 5.94. The molecule has 6 heteroatoms. The Labute approximate surface area is 169 Å². The number of carbonyl (C=O) groups excluding carboxylic acids is 2. The minimum absolute atomic E-state index is 0.0925. The molecule has 0 aromatic rings. The summed E-state index contributed by atoms with van der Waals surface area (Å²) in [6.45, 7) is 2.17. The van der Waals surface area contributed by atoms with Crippen molar-refractivity contribution < 1.29 is 22.7 Å². The van der Waals surface area contributed by atoms with Crippen LogP contribution in [0.15, 0.2) is 34.8 Å². The molecule has 0 bridgehead atoms. The molecule has 0 saturated carbocycles. The molecule has 1 aliphatic rings. The number of Topliss-reactive ketones (excluding diaryl/α,β-unsaturated/α-hetero) is 1. The highest BCUT2D eigenvalue weighted by Gasteiger charge is 2.33. The molecule has 28 heavy (non-hydrogen) atoms. The average Bonchev–Trinajstić information content (AvgIpc) is 2.96. The van der Waals surface area contributed by atoms with Gasteiger partial charge in [0.1, 0.15) is 4.91 Å². The van der Waals surface area contributed by atoms with E-state index in [0.29, 0.717) is 18.4 Å². The predicted molar refractivity (Wildman–Crippen MR) is 113 cm³/mol. The Bertz CT molecular complexity index is 713. The summed E-state index contributed by atoms with van der Waals surface area (Å²) in [5.74, 6) is -0.855. The predicted octanol–water partition coefficient (Wildman–Crippen LogP) is 4.69. The van der Waals surface area contributed by atoms with Crippen molar-refractivity contribution in [2.45, 2.75) is 71.1 Å². The Morgan fingerprint density at radius 2 is 1.79 bits per heavy atom. The average molecular weight is 411 g/mol. The number of hydrogen-bond acceptors (Lipinski definition) is 5. The second-order valence-electron chi connectivity index (χ2n) is 7.27. The maximum absolute atomic E-state index is 12.6. The lowest BCUT2D eigenvalue weighted by molar-refractivity contribution is -0.140. The molecule has 1 unspecified atom stereocenters. The molecule has 0 fully saturated rings. The lowest BCUT2D eigenvalue weighted by Gasteiger charge is -2.05. The van der Waals surface area contributed by atoms with E-state index >= 15 is 0 Å². The summed E-state index contributed by atoms with van der Waals surface area (Å²) in [5, 5.41) is 0. The van der Waals surface area contributed by atoms with E-state index in [9.17, 15) is 18.0 Å². The Morgan fingerprint density at radius 1 is 1.11 bits per heavy atom. The molecule has 5 nitrogen and oxygen atoms in total. The van der Waals surface area contributed by atoms with E-state index in [1.807, 2.05) is 12.2 Å². The zero-order valence-corrected chi connectivity index (χ0v) is 18.2. The largest absolute Gasteiger partial charge is 0.469 e. The van der Waals surface area contributed by atoms with Crippen molar-refractivity contribution in [3.8, 4) is 0 Å². The lowest BCUT2D eigenvalue weighted by Crippen LogP contribution is -2.10. The third kappa shape index (κ3) is 8.55. The van der Waals surface area contributed by atoms with Gasteiger partial charge in [-0.25, -0.2) is 8.42 Å². The van der Waals surface area contributed by atoms with Gasteiger partial charge in [-0.1, -0.05) is 56.9 Å². The van der Waals surface area contributed by atoms with Crippen LogP contribution in [0, 0.1) is 5.92 Å². The Morgan fingerprint density at radius 3 is 2.43 bits per heavy atom. The number of hydrogen-bond donors (Lipinski definition) is 0. The van der Waals surface area contributed by atoms with Crippen molar-refractivity contribution in [2.75, 3.05) is 13.4 Å². The molecule has 1 rings (SSSR count). The third-order valence-electron chi connectivity index (χ3n) is 4.82. The van der Waals surface area contributed by atoms with Crippen LogP contribution in [-0.4, -0.2) is 33.5 Å². The van der Waals surface area contributed by atoms with E-state index in [-0.39, 0.29) is 22.6 Å². The normalized spacial score (nSPS) is 18.8. The van der Waals surface area contributed by atoms with Gasteiger partial charge in [-0.15, -0.1) is 0 Å². The van der Waals surface area contributed by atoms with Crippen LogP contribution in [0.5, 0.6) is 0 Å². The molecule has 0 heterocycles. The summed E-state index contributed by atoms with van der Waals surface area (Å²) in [4.78, 5) is 23.6. The van der Waals surface area contributed by atoms with Gasteiger partial charge in [0.2, 0.25) is 5.78 Å². The second-order valence-corrected chi connectivity index (χ2v) is 9.25. The van der Waals surface area contributed by atoms with Gasteiger partial charge in [-0.3, -0.25) is 9.59 Å². The first kappa shape index (κ1) is 24.3. The topological polar surface area (TPSA) is 77.5 Å². The van der Waals surface area contributed by atoms with Crippen molar-refractivity contribution in [2.24, 2.45) is 5.92 Å². The van der Waals surface area contributed by atoms with Gasteiger partial charge in [0, 0.05) is 24.2 Å². The number of methoxy groups -OCH3 is 1. The van der Waals surface area contributed by atoms with Crippen LogP contribution in [0.1, 0.15) is 71.1 Å². The molecule has 0 aliphatic heterocycles. The number of sulfone groups is 1. The molecule has 0 radical (unpaired) electrons. The Balaban J connectivity index is 2.67. The SMILES string of the molecule is CCCCCC/C=C/C1C=C(S(C)(=O)=O)C(=O)/C1=C\CCCCCC(=O)OC. The van der Waals surface area contributed by atoms with Gasteiger partial charge in [-0.05, 0) is 32.1 Å². The summed E-state index contributed by atoms with van der Waals surface area (Å²) in [6.07, 6.45) is 17.7. The standard InChI is InChI=1S/C22H34O5S/c1-4-5-6-7-8-11-14-18-17-20(28(3,25)26)22(24)19(18)15-12-9-10-13-16-21(23)27-2/h11,14-15,17-18H,4-10,12-13,16H2,1-3H3/b14-11+,19-15-. The van der Waals surface area contributed by atoms with E-state index in [0.717, 1.165) is 38.4 Å². The summed E-state index contributed by atoms with van der Waals surface area (Å²) in [6, 6.07) is 0. The monoisotopic (exact) mass is 410 g/mol. The van der Waals surface area contributed by atoms with E-state index in [4.69, 9.17) is 0 Å². The highest BCUT2D eigenvalue weighted by Crippen LogP contribution is 2.31. The van der Waals surface area contributed by atoms with E-state index < -0.39 is 9.84 Å². The lowest BCUT2D eigenvalue weighted by atomic mass is 9.98. The zero-order chi connectivity index (χ0) is 21.0. The number of ether oxygens (including phenoxy) is 1. The van der Waals surface area contributed by atoms with Gasteiger partial charge in [0.15, 0.2) is 9.84 Å². The highest BCUT2D eigenvalue weighted by atomic mass is 32.2. The minimum atomic E-state index is -3.53. The van der Waals surface area contributed by atoms with Gasteiger partial charge < -0.3 is 4.74 Å². The molecular weight excluding hydrogens is 376 g/mol. The molecule has 0 amide bonds. The zero-order valence-electron chi connectivity index (χ0n) is 17.4. The molecule has 1 atom stereocenters. The van der Waals surface area contributed by atoms with Crippen molar-refractivity contribution in [3.05, 3.63) is 34.8 Å². The van der Waals surface area contributed by atoms with Crippen molar-refractivity contribution in [3.63, 3.8) is 0 Å². The Hall–Kier alpha value is -1.69. The van der Waals surface area contributed by atoms with Gasteiger partial charge in [0.05, 0.1) is 7.11 Å². The van der Waals surface area contributed by atoms with Gasteiger partial charge in [-0.2, -0.15) is 0 Å². The summed E-state index contributed by atoms with van der Waals surface area (Å²) in [5.41, 5.74) is 0.554. The number of rotatable bonds is 13. The van der Waals surface area contributed by atoms with Crippen LogP contribution in [0.25, 0.3) is 0 Å². The van der Waals surface area contributed by atoms with Gasteiger partial charge >= 0.3 is 5.97 Å². The first-order valence-electron chi connectivity index (χ1n) is 10.2. The fourth-order valence-corrected chi connectivity index (χ4v) is 4.03. The highest BCUT2D eigenvalue weighted by molar-refractivity contribution is 7.95. The first-order chi connectivity index (χ1) is 13.3. The van der Waals surface area contributed by atoms with Gasteiger partial charge in [0.25, 0.3) is 0 Å². The number of allylic oxidation sites excluding steroid dienone is 6. The van der Waals surface area contributed by atoms with Crippen molar-refractivity contribution >= 4 is 21.6 Å². The smallest absolute Gasteiger partial charge is 0.305 e. The number of ketones is 1. The Kier molecular flexibility index (Phi) is 11.0. The van der Waals surface area contributed by atoms with Crippen molar-refractivity contribution in [1.29, 1.82) is 0 Å². The number of unbranched alkanes of at least 4 members (excludes halogenated alkanes) is 7. The molecule has 1 aliphatic carbocycles. The van der Waals surface area contributed by atoms with Crippen LogP contribution < -0.4 is 0 Å². The van der Waals surface area contributed by atoms with Crippen LogP contribution in [-0.2, 0) is 24.2 Å². The minimum Gasteiger partial charge on any atom is -0.469 e. The van der Waals surface area contributed by atoms with Crippen LogP contribution >= 0.6 is 0 Å². The van der Waals surface area contributed by atoms with Crippen LogP contribution in [0.2, 0.25) is 0 Å².